The molecule has 0 bridgehead atoms. The molecule has 1 atom stereocenters. The summed E-state index contributed by atoms with van der Waals surface area (Å²) in [7, 11) is 0. The largest absolute Gasteiger partial charge is 0.369 e. The van der Waals surface area contributed by atoms with E-state index in [-0.39, 0.29) is 6.10 Å². The van der Waals surface area contributed by atoms with Gasteiger partial charge in [0.05, 0.1) is 12.7 Å². The number of carbonyl (C=O) groups excluding carboxylic acids is 1. The van der Waals surface area contributed by atoms with E-state index in [0.29, 0.717) is 0 Å². The van der Waals surface area contributed by atoms with Crippen molar-refractivity contribution in [3.05, 3.63) is 12.2 Å². The fraction of sp³-hybridized carbons (Fsp3) is 0.400. The third-order valence-electron chi connectivity index (χ3n) is 0.801. The van der Waals surface area contributed by atoms with Crippen LogP contribution in [0.15, 0.2) is 12.2 Å². The van der Waals surface area contributed by atoms with Gasteiger partial charge in [-0.05, 0) is 23.8 Å². The monoisotopic (exact) mass is 132 g/mol. The zero-order valence-electron chi connectivity index (χ0n) is 4.13. The number of rotatable bonds is 2. The summed E-state index contributed by atoms with van der Waals surface area (Å²) in [5, 5.41) is -0.444. The average Bonchev–Trinajstić information content (AvgIpc) is 2.41. The lowest BCUT2D eigenvalue weighted by molar-refractivity contribution is -0.107. The van der Waals surface area contributed by atoms with Gasteiger partial charge in [-0.3, -0.25) is 4.79 Å². The first-order chi connectivity index (χ1) is 3.79. The molecule has 0 aromatic heterocycles. The minimum atomic E-state index is -0.444. The van der Waals surface area contributed by atoms with Gasteiger partial charge in [-0.2, -0.15) is 0 Å². The molecule has 0 saturated carbocycles. The lowest BCUT2D eigenvalue weighted by Gasteiger charge is -1.72. The molecule has 8 heavy (non-hydrogen) atoms. The van der Waals surface area contributed by atoms with E-state index in [0.717, 1.165) is 6.61 Å². The quantitative estimate of drug-likeness (QED) is 0.315. The number of hydrogen-bond donors (Lipinski definition) is 0. The zero-order chi connectivity index (χ0) is 5.98. The van der Waals surface area contributed by atoms with Gasteiger partial charge < -0.3 is 4.74 Å². The van der Waals surface area contributed by atoms with Crippen molar-refractivity contribution in [3.8, 4) is 0 Å². The first-order valence-corrected chi connectivity index (χ1v) is 2.66. The summed E-state index contributed by atoms with van der Waals surface area (Å²) in [6, 6.07) is 0. The van der Waals surface area contributed by atoms with Crippen molar-refractivity contribution in [3.63, 3.8) is 0 Å². The Hall–Kier alpha value is -0.340. The van der Waals surface area contributed by atoms with Crippen LogP contribution in [0.4, 0.5) is 0 Å². The van der Waals surface area contributed by atoms with Crippen LogP contribution in [0.2, 0.25) is 0 Å². The van der Waals surface area contributed by atoms with Crippen molar-refractivity contribution in [2.75, 3.05) is 6.61 Å². The molecule has 44 valence electrons. The molecular weight excluding hydrogens is 128 g/mol. The van der Waals surface area contributed by atoms with Crippen molar-refractivity contribution >= 4 is 16.8 Å². The Kier molecular flexibility index (Phi) is 1.65. The molecular formula is C5H5ClO2. The van der Waals surface area contributed by atoms with Crippen LogP contribution in [-0.2, 0) is 9.53 Å². The highest BCUT2D eigenvalue weighted by Crippen LogP contribution is 2.09. The predicted octanol–water partition coefficient (Wildman–Crippen LogP) is 0.707. The molecule has 1 aliphatic rings. The molecule has 0 radical (unpaired) electrons. The normalized spacial score (nSPS) is 26.4. The highest BCUT2D eigenvalue weighted by molar-refractivity contribution is 6.66. The fourth-order valence-electron chi connectivity index (χ4n) is 0.350. The molecule has 1 aliphatic heterocycles. The summed E-state index contributed by atoms with van der Waals surface area (Å²) < 4.78 is 4.76. The van der Waals surface area contributed by atoms with Crippen molar-refractivity contribution in [2.24, 2.45) is 0 Å². The van der Waals surface area contributed by atoms with Gasteiger partial charge >= 0.3 is 0 Å². The molecule has 1 rings (SSSR count). The number of allylic oxidation sites excluding steroid dienone is 1. The molecule has 0 spiro atoms. The van der Waals surface area contributed by atoms with Gasteiger partial charge in [-0.1, -0.05) is 0 Å². The van der Waals surface area contributed by atoms with Crippen molar-refractivity contribution in [1.29, 1.82) is 0 Å². The van der Waals surface area contributed by atoms with Gasteiger partial charge in [0.15, 0.2) is 0 Å². The molecule has 0 aromatic carbocycles. The summed E-state index contributed by atoms with van der Waals surface area (Å²) >= 11 is 4.97. The highest BCUT2D eigenvalue weighted by Gasteiger charge is 2.17. The molecule has 2 nitrogen and oxygen atoms in total. The summed E-state index contributed by atoms with van der Waals surface area (Å²) in [4.78, 5) is 10.00. The van der Waals surface area contributed by atoms with E-state index >= 15 is 0 Å². The van der Waals surface area contributed by atoms with Gasteiger partial charge in [0.2, 0.25) is 5.24 Å². The molecule has 0 N–H and O–H groups in total. The third kappa shape index (κ3) is 2.09. The number of carbonyl (C=O) groups is 1. The Bertz CT molecular complexity index is 126. The topological polar surface area (TPSA) is 29.6 Å². The van der Waals surface area contributed by atoms with E-state index in [1.165, 1.54) is 6.08 Å². The molecule has 1 unspecified atom stereocenters. The maximum atomic E-state index is 10.00. The SMILES string of the molecule is O=C(Cl)C=CC1CO1. The Balaban J connectivity index is 2.23. The standard InChI is InChI=1S/C5H5ClO2/c6-5(7)2-1-4-3-8-4/h1-2,4H,3H2. The predicted molar refractivity (Wildman–Crippen MR) is 29.7 cm³/mol. The summed E-state index contributed by atoms with van der Waals surface area (Å²) in [5.74, 6) is 0. The summed E-state index contributed by atoms with van der Waals surface area (Å²) in [6.07, 6.45) is 3.10. The fourth-order valence-corrected chi connectivity index (χ4v) is 0.422. The third-order valence-corrected chi connectivity index (χ3v) is 0.927. The van der Waals surface area contributed by atoms with Crippen LogP contribution in [0.1, 0.15) is 0 Å². The van der Waals surface area contributed by atoms with Crippen molar-refractivity contribution < 1.29 is 9.53 Å². The lowest BCUT2D eigenvalue weighted by Crippen LogP contribution is -1.79. The lowest BCUT2D eigenvalue weighted by atomic mass is 10.4. The van der Waals surface area contributed by atoms with Crippen LogP contribution in [0.3, 0.4) is 0 Å². The van der Waals surface area contributed by atoms with Crippen LogP contribution in [0.25, 0.3) is 0 Å². The van der Waals surface area contributed by atoms with E-state index in [1.54, 1.807) is 6.08 Å². The van der Waals surface area contributed by atoms with E-state index in [2.05, 4.69) is 0 Å². The van der Waals surface area contributed by atoms with Gasteiger partial charge in [-0.15, -0.1) is 0 Å². The van der Waals surface area contributed by atoms with Crippen LogP contribution in [0.5, 0.6) is 0 Å². The second-order valence-electron chi connectivity index (χ2n) is 1.54. The Morgan fingerprint density at radius 1 is 1.88 bits per heavy atom. The molecule has 0 amide bonds. The van der Waals surface area contributed by atoms with Crippen LogP contribution < -0.4 is 0 Å². The van der Waals surface area contributed by atoms with Gasteiger partial charge in [0.25, 0.3) is 0 Å². The molecule has 0 aromatic rings. The zero-order valence-corrected chi connectivity index (χ0v) is 4.89. The van der Waals surface area contributed by atoms with E-state index in [4.69, 9.17) is 16.3 Å². The molecule has 3 heteroatoms. The Morgan fingerprint density at radius 3 is 2.88 bits per heavy atom. The number of ether oxygens (including phenoxy) is 1. The van der Waals surface area contributed by atoms with E-state index in [9.17, 15) is 4.79 Å². The average molecular weight is 133 g/mol. The van der Waals surface area contributed by atoms with Crippen molar-refractivity contribution in [1.82, 2.24) is 0 Å². The van der Waals surface area contributed by atoms with Gasteiger partial charge in [-0.25, -0.2) is 0 Å². The maximum absolute atomic E-state index is 10.00. The number of hydrogen-bond acceptors (Lipinski definition) is 2. The first kappa shape index (κ1) is 5.79. The van der Waals surface area contributed by atoms with Crippen molar-refractivity contribution in [2.45, 2.75) is 6.10 Å². The number of halogens is 1. The van der Waals surface area contributed by atoms with Crippen LogP contribution in [-0.4, -0.2) is 18.0 Å². The van der Waals surface area contributed by atoms with Gasteiger partial charge in [0, 0.05) is 0 Å². The van der Waals surface area contributed by atoms with Crippen LogP contribution >= 0.6 is 11.6 Å². The molecule has 1 saturated heterocycles. The van der Waals surface area contributed by atoms with Gasteiger partial charge in [0.1, 0.15) is 0 Å². The molecule has 1 fully saturated rings. The number of epoxide rings is 1. The van der Waals surface area contributed by atoms with E-state index in [1.807, 2.05) is 0 Å². The second-order valence-corrected chi connectivity index (χ2v) is 1.91. The highest BCUT2D eigenvalue weighted by atomic mass is 35.5. The smallest absolute Gasteiger partial charge is 0.244 e. The van der Waals surface area contributed by atoms with E-state index < -0.39 is 5.24 Å². The Morgan fingerprint density at radius 2 is 2.50 bits per heavy atom. The Labute approximate surface area is 52.1 Å². The van der Waals surface area contributed by atoms with Crippen LogP contribution in [0, 0.1) is 0 Å². The molecule has 0 aliphatic carbocycles. The minimum absolute atomic E-state index is 0.151. The summed E-state index contributed by atoms with van der Waals surface area (Å²) in [6.45, 7) is 0.723. The minimum Gasteiger partial charge on any atom is -0.369 e. The first-order valence-electron chi connectivity index (χ1n) is 2.28. The maximum Gasteiger partial charge on any atom is 0.244 e. The summed E-state index contributed by atoms with van der Waals surface area (Å²) in [5.41, 5.74) is 0. The molecule has 1 heterocycles. The second kappa shape index (κ2) is 2.29.